The van der Waals surface area contributed by atoms with Gasteiger partial charge in [0.05, 0.1) is 0 Å². The number of carbonyl (C=O) groups is 2. The minimum Gasteiger partial charge on any atom is -0.462 e. The molecule has 0 aromatic carbocycles. The second-order valence-electron chi connectivity index (χ2n) is 8.71. The Morgan fingerprint density at radius 3 is 1.32 bits per heavy atom. The molecule has 0 unspecified atom stereocenters. The molecule has 0 aromatic rings. The highest BCUT2D eigenvalue weighted by Gasteiger charge is 2.03. The average molecular weight is 439 g/mol. The van der Waals surface area contributed by atoms with Gasteiger partial charge < -0.3 is 9.47 Å². The number of ether oxygens (including phenoxy) is 2. The predicted octanol–water partition coefficient (Wildman–Crippen LogP) is 8.08. The standard InChI is InChI=1S/C27H50O4/c1-3-5-6-7-8-9-10-11-12-13-14-15-16-17-18-19-20-21-22-23-27(29)31-25-24-30-26(28)4-2/h4H,2-3,5-25H2,1H3. The van der Waals surface area contributed by atoms with Crippen LogP contribution in [0.25, 0.3) is 0 Å². The van der Waals surface area contributed by atoms with Crippen molar-refractivity contribution in [3.8, 4) is 0 Å². The van der Waals surface area contributed by atoms with E-state index in [1.165, 1.54) is 109 Å². The zero-order chi connectivity index (χ0) is 22.8. The molecular weight excluding hydrogens is 388 g/mol. The zero-order valence-electron chi connectivity index (χ0n) is 20.5. The minimum absolute atomic E-state index is 0.0930. The molecule has 0 bridgehead atoms. The van der Waals surface area contributed by atoms with Gasteiger partial charge in [0, 0.05) is 12.5 Å². The van der Waals surface area contributed by atoms with Gasteiger partial charge in [-0.1, -0.05) is 129 Å². The predicted molar refractivity (Wildman–Crippen MR) is 130 cm³/mol. The van der Waals surface area contributed by atoms with Gasteiger partial charge in [0.15, 0.2) is 0 Å². The van der Waals surface area contributed by atoms with Gasteiger partial charge in [-0.3, -0.25) is 4.79 Å². The second-order valence-corrected chi connectivity index (χ2v) is 8.71. The third-order valence-corrected chi connectivity index (χ3v) is 5.74. The smallest absolute Gasteiger partial charge is 0.330 e. The van der Waals surface area contributed by atoms with Crippen LogP contribution in [-0.4, -0.2) is 25.2 Å². The van der Waals surface area contributed by atoms with E-state index < -0.39 is 5.97 Å². The molecule has 0 fully saturated rings. The van der Waals surface area contributed by atoms with E-state index in [9.17, 15) is 9.59 Å². The van der Waals surface area contributed by atoms with Crippen LogP contribution in [0.15, 0.2) is 12.7 Å². The molecule has 0 atom stereocenters. The summed E-state index contributed by atoms with van der Waals surface area (Å²) in [6, 6.07) is 0. The Balaban J connectivity index is 3.14. The van der Waals surface area contributed by atoms with Crippen LogP contribution < -0.4 is 0 Å². The van der Waals surface area contributed by atoms with E-state index in [0.29, 0.717) is 6.42 Å². The highest BCUT2D eigenvalue weighted by molar-refractivity contribution is 5.81. The Morgan fingerprint density at radius 1 is 0.581 bits per heavy atom. The first-order valence-electron chi connectivity index (χ1n) is 13.2. The highest BCUT2D eigenvalue weighted by atomic mass is 16.6. The molecule has 0 aliphatic heterocycles. The molecule has 0 rings (SSSR count). The number of hydrogen-bond donors (Lipinski definition) is 0. The molecule has 4 heteroatoms. The molecule has 0 aliphatic rings. The first kappa shape index (κ1) is 29.7. The normalized spacial score (nSPS) is 10.7. The monoisotopic (exact) mass is 438 g/mol. The van der Waals surface area contributed by atoms with Crippen LogP contribution in [0.4, 0.5) is 0 Å². The molecule has 0 saturated heterocycles. The molecule has 182 valence electrons. The van der Waals surface area contributed by atoms with Gasteiger partial charge in [-0.15, -0.1) is 0 Å². The maximum Gasteiger partial charge on any atom is 0.330 e. The van der Waals surface area contributed by atoms with Crippen molar-refractivity contribution in [2.75, 3.05) is 13.2 Å². The third kappa shape index (κ3) is 24.8. The Bertz CT molecular complexity index is 419. The number of esters is 2. The van der Waals surface area contributed by atoms with Gasteiger partial charge in [-0.25, -0.2) is 4.79 Å². The maximum absolute atomic E-state index is 11.6. The fourth-order valence-corrected chi connectivity index (χ4v) is 3.78. The summed E-state index contributed by atoms with van der Waals surface area (Å²) < 4.78 is 9.78. The van der Waals surface area contributed by atoms with E-state index in [-0.39, 0.29) is 19.2 Å². The second kappa shape index (κ2) is 24.9. The Labute approximate surface area is 192 Å². The molecule has 0 spiro atoms. The highest BCUT2D eigenvalue weighted by Crippen LogP contribution is 2.14. The summed E-state index contributed by atoms with van der Waals surface area (Å²) in [4.78, 5) is 22.4. The van der Waals surface area contributed by atoms with Crippen molar-refractivity contribution in [1.82, 2.24) is 0 Å². The van der Waals surface area contributed by atoms with Gasteiger partial charge >= 0.3 is 11.9 Å². The molecule has 0 radical (unpaired) electrons. The van der Waals surface area contributed by atoms with Crippen LogP contribution in [0, 0.1) is 0 Å². The van der Waals surface area contributed by atoms with Crippen molar-refractivity contribution in [3.05, 3.63) is 12.7 Å². The Morgan fingerprint density at radius 2 is 0.935 bits per heavy atom. The summed E-state index contributed by atoms with van der Waals surface area (Å²) in [7, 11) is 0. The molecule has 4 nitrogen and oxygen atoms in total. The van der Waals surface area contributed by atoms with Crippen LogP contribution in [-0.2, 0) is 19.1 Å². The van der Waals surface area contributed by atoms with E-state index >= 15 is 0 Å². The van der Waals surface area contributed by atoms with E-state index in [0.717, 1.165) is 18.9 Å². The largest absolute Gasteiger partial charge is 0.462 e. The quantitative estimate of drug-likeness (QED) is 0.0868. The van der Waals surface area contributed by atoms with Crippen LogP contribution in [0.5, 0.6) is 0 Å². The summed E-state index contributed by atoms with van der Waals surface area (Å²) >= 11 is 0. The molecule has 0 saturated carbocycles. The summed E-state index contributed by atoms with van der Waals surface area (Å²) in [6.07, 6.45) is 27.1. The number of carbonyl (C=O) groups excluding carboxylic acids is 2. The van der Waals surface area contributed by atoms with Gasteiger partial charge in [0.2, 0.25) is 0 Å². The lowest BCUT2D eigenvalue weighted by Crippen LogP contribution is -2.12. The zero-order valence-corrected chi connectivity index (χ0v) is 20.5. The van der Waals surface area contributed by atoms with Gasteiger partial charge in [0.25, 0.3) is 0 Å². The van der Waals surface area contributed by atoms with Gasteiger partial charge in [0.1, 0.15) is 13.2 Å². The first-order chi connectivity index (χ1) is 15.2. The first-order valence-corrected chi connectivity index (χ1v) is 13.2. The van der Waals surface area contributed by atoms with Crippen LogP contribution >= 0.6 is 0 Å². The minimum atomic E-state index is -0.491. The topological polar surface area (TPSA) is 52.6 Å². The van der Waals surface area contributed by atoms with Crippen molar-refractivity contribution < 1.29 is 19.1 Å². The maximum atomic E-state index is 11.6. The van der Waals surface area contributed by atoms with Crippen molar-refractivity contribution >= 4 is 11.9 Å². The summed E-state index contributed by atoms with van der Waals surface area (Å²) in [5.74, 6) is -0.698. The summed E-state index contributed by atoms with van der Waals surface area (Å²) in [6.45, 7) is 5.80. The molecular formula is C27H50O4. The fourth-order valence-electron chi connectivity index (χ4n) is 3.78. The van der Waals surface area contributed by atoms with Crippen molar-refractivity contribution in [2.24, 2.45) is 0 Å². The van der Waals surface area contributed by atoms with Gasteiger partial charge in [-0.05, 0) is 6.42 Å². The van der Waals surface area contributed by atoms with E-state index in [2.05, 4.69) is 13.5 Å². The molecule has 0 aromatic heterocycles. The lowest BCUT2D eigenvalue weighted by Gasteiger charge is -2.05. The Hall–Kier alpha value is -1.32. The van der Waals surface area contributed by atoms with Crippen molar-refractivity contribution in [3.63, 3.8) is 0 Å². The fraction of sp³-hybridized carbons (Fsp3) is 0.852. The van der Waals surface area contributed by atoms with Crippen molar-refractivity contribution in [1.29, 1.82) is 0 Å². The van der Waals surface area contributed by atoms with Crippen LogP contribution in [0.1, 0.15) is 135 Å². The van der Waals surface area contributed by atoms with Crippen molar-refractivity contribution in [2.45, 2.75) is 135 Å². The molecule has 0 heterocycles. The summed E-state index contributed by atoms with van der Waals surface area (Å²) in [5.41, 5.74) is 0. The number of rotatable bonds is 24. The van der Waals surface area contributed by atoms with E-state index in [1.54, 1.807) is 0 Å². The molecule has 0 N–H and O–H groups in total. The van der Waals surface area contributed by atoms with E-state index in [4.69, 9.17) is 9.47 Å². The SMILES string of the molecule is C=CC(=O)OCCOC(=O)CCCCCCCCCCCCCCCCCCCCC. The third-order valence-electron chi connectivity index (χ3n) is 5.74. The lowest BCUT2D eigenvalue weighted by atomic mass is 10.0. The molecule has 31 heavy (non-hydrogen) atoms. The number of hydrogen-bond acceptors (Lipinski definition) is 4. The lowest BCUT2D eigenvalue weighted by molar-refractivity contribution is -0.149. The Kier molecular flexibility index (Phi) is 23.9. The van der Waals surface area contributed by atoms with E-state index in [1.807, 2.05) is 0 Å². The van der Waals surface area contributed by atoms with Crippen LogP contribution in [0.3, 0.4) is 0 Å². The molecule has 0 amide bonds. The number of unbranched alkanes of at least 4 members (excludes halogenated alkanes) is 18. The average Bonchev–Trinajstić information content (AvgIpc) is 2.78. The van der Waals surface area contributed by atoms with Gasteiger partial charge in [-0.2, -0.15) is 0 Å². The van der Waals surface area contributed by atoms with Crippen LogP contribution in [0.2, 0.25) is 0 Å². The molecule has 0 aliphatic carbocycles. The summed E-state index contributed by atoms with van der Waals surface area (Å²) in [5, 5.41) is 0.